The van der Waals surface area contributed by atoms with E-state index < -0.39 is 6.04 Å². The number of nitrogen functional groups attached to an aromatic ring is 1. The first kappa shape index (κ1) is 21.6. The van der Waals surface area contributed by atoms with E-state index in [0.717, 1.165) is 35.8 Å². The molecular weight excluding hydrogens is 424 g/mol. The number of benzene rings is 3. The molecule has 5 rings (SSSR count). The minimum absolute atomic E-state index is 0.0768. The molecule has 0 radical (unpaired) electrons. The molecule has 0 bridgehead atoms. The van der Waals surface area contributed by atoms with E-state index in [2.05, 4.69) is 27.8 Å². The number of fused-ring (bicyclic) bond motifs is 2. The summed E-state index contributed by atoms with van der Waals surface area (Å²) in [7, 11) is 0. The molecule has 1 aliphatic rings. The maximum absolute atomic E-state index is 13.5. The summed E-state index contributed by atoms with van der Waals surface area (Å²) in [5.74, 6) is -0.220. The molecule has 3 aromatic carbocycles. The summed E-state index contributed by atoms with van der Waals surface area (Å²) in [4.78, 5) is 30.8. The fraction of sp³-hybridized carbons (Fsp3) is 0.179. The van der Waals surface area contributed by atoms with Crippen molar-refractivity contribution in [1.29, 1.82) is 0 Å². The highest BCUT2D eigenvalue weighted by atomic mass is 16.2. The molecule has 1 aromatic heterocycles. The Morgan fingerprint density at radius 3 is 2.62 bits per heavy atom. The van der Waals surface area contributed by atoms with Crippen molar-refractivity contribution < 1.29 is 9.59 Å². The van der Waals surface area contributed by atoms with Gasteiger partial charge in [-0.2, -0.15) is 0 Å². The van der Waals surface area contributed by atoms with Crippen LogP contribution in [0.1, 0.15) is 52.0 Å². The Bertz CT molecular complexity index is 1350. The van der Waals surface area contributed by atoms with E-state index in [1.165, 1.54) is 5.56 Å². The Kier molecular flexibility index (Phi) is 5.95. The standard InChI is InChI=1S/C28H26N4O2/c29-26-23-17-21(14-13-19(23)15-16-30-26)27(33)32-25(20-8-2-1-3-9-20)28(34)31-24-12-6-10-18-7-4-5-11-22(18)24/h1-5,7-9,11,13-17,24-25H,6,10,12H2,(H2,29,30)(H,31,34)(H,32,33)/t24?,25-/m1/s1. The van der Waals surface area contributed by atoms with Gasteiger partial charge in [0.2, 0.25) is 5.91 Å². The Morgan fingerprint density at radius 1 is 0.971 bits per heavy atom. The molecule has 0 spiro atoms. The number of aryl methyl sites for hydroxylation is 1. The summed E-state index contributed by atoms with van der Waals surface area (Å²) in [6.07, 6.45) is 4.53. The van der Waals surface area contributed by atoms with Gasteiger partial charge in [-0.1, -0.05) is 60.7 Å². The lowest BCUT2D eigenvalue weighted by Crippen LogP contribution is -2.42. The second-order valence-electron chi connectivity index (χ2n) is 8.60. The first-order valence-corrected chi connectivity index (χ1v) is 11.5. The molecule has 34 heavy (non-hydrogen) atoms. The smallest absolute Gasteiger partial charge is 0.252 e. The van der Waals surface area contributed by atoms with Crippen LogP contribution in [-0.2, 0) is 11.2 Å². The third-order valence-corrected chi connectivity index (χ3v) is 6.42. The zero-order valence-corrected chi connectivity index (χ0v) is 18.7. The molecule has 1 unspecified atom stereocenters. The van der Waals surface area contributed by atoms with Gasteiger partial charge in [-0.15, -0.1) is 0 Å². The SMILES string of the molecule is Nc1nccc2ccc(C(=O)N[C@@H](C(=O)NC3CCCc4ccccc43)c3ccccc3)cc12. The third-order valence-electron chi connectivity index (χ3n) is 6.42. The van der Waals surface area contributed by atoms with Crippen LogP contribution in [0.25, 0.3) is 10.8 Å². The summed E-state index contributed by atoms with van der Waals surface area (Å²) >= 11 is 0. The van der Waals surface area contributed by atoms with Gasteiger partial charge in [-0.25, -0.2) is 4.98 Å². The predicted molar refractivity (Wildman–Crippen MR) is 133 cm³/mol. The molecule has 2 amide bonds. The van der Waals surface area contributed by atoms with E-state index in [9.17, 15) is 9.59 Å². The van der Waals surface area contributed by atoms with E-state index in [0.29, 0.717) is 16.8 Å². The van der Waals surface area contributed by atoms with Crippen molar-refractivity contribution in [3.63, 3.8) is 0 Å². The maximum Gasteiger partial charge on any atom is 0.252 e. The number of nitrogens with two attached hydrogens (primary N) is 1. The molecule has 1 aliphatic carbocycles. The second kappa shape index (κ2) is 9.35. The Labute approximate surface area is 198 Å². The summed E-state index contributed by atoms with van der Waals surface area (Å²) in [5.41, 5.74) is 9.56. The molecule has 6 nitrogen and oxygen atoms in total. The fourth-order valence-electron chi connectivity index (χ4n) is 4.65. The molecule has 170 valence electrons. The molecule has 2 atom stereocenters. The summed E-state index contributed by atoms with van der Waals surface area (Å²) in [6.45, 7) is 0. The first-order valence-electron chi connectivity index (χ1n) is 11.5. The molecule has 4 N–H and O–H groups in total. The summed E-state index contributed by atoms with van der Waals surface area (Å²) < 4.78 is 0. The second-order valence-corrected chi connectivity index (χ2v) is 8.60. The van der Waals surface area contributed by atoms with Crippen LogP contribution < -0.4 is 16.4 Å². The van der Waals surface area contributed by atoms with Crippen molar-refractivity contribution in [2.24, 2.45) is 0 Å². The van der Waals surface area contributed by atoms with Gasteiger partial charge in [0.05, 0.1) is 6.04 Å². The van der Waals surface area contributed by atoms with Gasteiger partial charge in [0.25, 0.3) is 5.91 Å². The third kappa shape index (κ3) is 4.35. The quantitative estimate of drug-likeness (QED) is 0.418. The van der Waals surface area contributed by atoms with Crippen LogP contribution in [0.5, 0.6) is 0 Å². The number of aromatic nitrogens is 1. The van der Waals surface area contributed by atoms with Crippen LogP contribution in [0.3, 0.4) is 0 Å². The molecule has 1 heterocycles. The van der Waals surface area contributed by atoms with Crippen molar-refractivity contribution in [2.75, 3.05) is 5.73 Å². The number of hydrogen-bond donors (Lipinski definition) is 3. The van der Waals surface area contributed by atoms with Gasteiger partial charge in [-0.3, -0.25) is 9.59 Å². The number of amides is 2. The van der Waals surface area contributed by atoms with E-state index in [4.69, 9.17) is 5.73 Å². The van der Waals surface area contributed by atoms with Gasteiger partial charge >= 0.3 is 0 Å². The van der Waals surface area contributed by atoms with Crippen molar-refractivity contribution in [3.8, 4) is 0 Å². The number of nitrogens with one attached hydrogen (secondary N) is 2. The molecular formula is C28H26N4O2. The number of carbonyl (C=O) groups is 2. The van der Waals surface area contributed by atoms with Crippen molar-refractivity contribution in [1.82, 2.24) is 15.6 Å². The lowest BCUT2D eigenvalue weighted by atomic mass is 9.87. The molecule has 0 aliphatic heterocycles. The largest absolute Gasteiger partial charge is 0.383 e. The fourth-order valence-corrected chi connectivity index (χ4v) is 4.65. The zero-order valence-electron chi connectivity index (χ0n) is 18.7. The Hall–Kier alpha value is -4.19. The number of rotatable bonds is 5. The lowest BCUT2D eigenvalue weighted by Gasteiger charge is -2.28. The average Bonchev–Trinajstić information content (AvgIpc) is 2.88. The minimum atomic E-state index is -0.829. The highest BCUT2D eigenvalue weighted by molar-refractivity contribution is 6.02. The number of hydrogen-bond acceptors (Lipinski definition) is 4. The maximum atomic E-state index is 13.5. The van der Waals surface area contributed by atoms with Crippen molar-refractivity contribution in [2.45, 2.75) is 31.3 Å². The topological polar surface area (TPSA) is 97.1 Å². The number of nitrogens with zero attached hydrogens (tertiary/aromatic N) is 1. The number of carbonyl (C=O) groups excluding carboxylic acids is 2. The molecule has 4 aromatic rings. The van der Waals surface area contributed by atoms with Gasteiger partial charge in [0.15, 0.2) is 0 Å². The van der Waals surface area contributed by atoms with Crippen LogP contribution >= 0.6 is 0 Å². The molecule has 0 fully saturated rings. The predicted octanol–water partition coefficient (Wildman–Crippen LogP) is 4.48. The van der Waals surface area contributed by atoms with Crippen molar-refractivity contribution in [3.05, 3.63) is 107 Å². The van der Waals surface area contributed by atoms with E-state index in [1.807, 2.05) is 54.6 Å². The van der Waals surface area contributed by atoms with Crippen LogP contribution in [0.4, 0.5) is 5.82 Å². The lowest BCUT2D eigenvalue weighted by molar-refractivity contribution is -0.124. The summed E-state index contributed by atoms with van der Waals surface area (Å²) in [6, 6.07) is 23.7. The molecule has 6 heteroatoms. The van der Waals surface area contributed by atoms with Gasteiger partial charge in [0, 0.05) is 17.1 Å². The molecule has 0 saturated heterocycles. The van der Waals surface area contributed by atoms with Crippen molar-refractivity contribution >= 4 is 28.4 Å². The van der Waals surface area contributed by atoms with Gasteiger partial charge in [0.1, 0.15) is 11.9 Å². The van der Waals surface area contributed by atoms with E-state index >= 15 is 0 Å². The highest BCUT2D eigenvalue weighted by Gasteiger charge is 2.28. The van der Waals surface area contributed by atoms with Crippen LogP contribution in [-0.4, -0.2) is 16.8 Å². The summed E-state index contributed by atoms with van der Waals surface area (Å²) in [5, 5.41) is 7.72. The Balaban J connectivity index is 1.41. The van der Waals surface area contributed by atoms with Crippen LogP contribution in [0.2, 0.25) is 0 Å². The first-order chi connectivity index (χ1) is 16.6. The molecule has 0 saturated carbocycles. The number of anilines is 1. The van der Waals surface area contributed by atoms with Crippen LogP contribution in [0.15, 0.2) is 85.1 Å². The average molecular weight is 451 g/mol. The Morgan fingerprint density at radius 2 is 1.76 bits per heavy atom. The van der Waals surface area contributed by atoms with E-state index in [1.54, 1.807) is 18.3 Å². The number of pyridine rings is 1. The zero-order chi connectivity index (χ0) is 23.5. The van der Waals surface area contributed by atoms with Gasteiger partial charge < -0.3 is 16.4 Å². The van der Waals surface area contributed by atoms with Crippen LogP contribution in [0, 0.1) is 0 Å². The van der Waals surface area contributed by atoms with E-state index in [-0.39, 0.29) is 17.9 Å². The van der Waals surface area contributed by atoms with Gasteiger partial charge in [-0.05, 0) is 59.5 Å². The normalized spacial score (nSPS) is 15.8. The monoisotopic (exact) mass is 450 g/mol. The minimum Gasteiger partial charge on any atom is -0.383 e. The highest BCUT2D eigenvalue weighted by Crippen LogP contribution is 2.30.